The number of aliphatic imine (C=N–C) groups is 2. The maximum absolute atomic E-state index is 14.2. The van der Waals surface area contributed by atoms with E-state index in [1.54, 1.807) is 31.3 Å². The van der Waals surface area contributed by atoms with Crippen LogP contribution in [-0.4, -0.2) is 36.2 Å². The molecule has 0 spiro atoms. The van der Waals surface area contributed by atoms with E-state index in [-0.39, 0.29) is 24.3 Å². The van der Waals surface area contributed by atoms with Crippen LogP contribution >= 0.6 is 11.6 Å². The molecule has 9 nitrogen and oxygen atoms in total. The Hall–Kier alpha value is -4.18. The zero-order valence-corrected chi connectivity index (χ0v) is 22.1. The van der Waals surface area contributed by atoms with E-state index in [4.69, 9.17) is 26.7 Å². The van der Waals surface area contributed by atoms with Crippen molar-refractivity contribution in [1.29, 1.82) is 0 Å². The quantitative estimate of drug-likeness (QED) is 0.310. The van der Waals surface area contributed by atoms with Crippen LogP contribution in [-0.2, 0) is 11.2 Å². The van der Waals surface area contributed by atoms with E-state index < -0.39 is 6.04 Å². The number of fused-ring (bicyclic) bond motifs is 1. The summed E-state index contributed by atoms with van der Waals surface area (Å²) in [6.07, 6.45) is 3.49. The van der Waals surface area contributed by atoms with Crippen LogP contribution in [0.2, 0.25) is 5.02 Å². The Morgan fingerprint density at radius 1 is 1.29 bits per heavy atom. The molecule has 1 amide bonds. The van der Waals surface area contributed by atoms with Gasteiger partial charge in [0.15, 0.2) is 5.58 Å². The molecule has 1 aliphatic rings. The van der Waals surface area contributed by atoms with Crippen LogP contribution in [0.3, 0.4) is 0 Å². The zero-order chi connectivity index (χ0) is 27.2. The number of aryl methyl sites for hydroxylation is 1. The first-order chi connectivity index (χ1) is 18.4. The molecule has 0 radical (unpaired) electrons. The first kappa shape index (κ1) is 26.9. The number of aromatic nitrogens is 1. The van der Waals surface area contributed by atoms with Crippen molar-refractivity contribution >= 4 is 46.8 Å². The van der Waals surface area contributed by atoms with Crippen molar-refractivity contribution in [3.63, 3.8) is 0 Å². The van der Waals surface area contributed by atoms with Crippen LogP contribution in [0.5, 0.6) is 0 Å². The molecule has 2 aromatic carbocycles. The van der Waals surface area contributed by atoms with E-state index in [1.807, 2.05) is 26.0 Å². The largest absolute Gasteiger partial charge is 0.423 e. The Morgan fingerprint density at radius 2 is 2.08 bits per heavy atom. The molecule has 4 rings (SSSR count). The normalized spacial score (nSPS) is 16.1. The van der Waals surface area contributed by atoms with Gasteiger partial charge < -0.3 is 20.8 Å². The number of oxazole rings is 1. The number of hydrogen-bond acceptors (Lipinski definition) is 8. The summed E-state index contributed by atoms with van der Waals surface area (Å²) >= 11 is 6.52. The van der Waals surface area contributed by atoms with E-state index in [0.717, 1.165) is 0 Å². The number of nitrogens with zero attached hydrogens (tertiary/aromatic N) is 3. The summed E-state index contributed by atoms with van der Waals surface area (Å²) in [6, 6.07) is 9.53. The fourth-order valence-corrected chi connectivity index (χ4v) is 4.34. The van der Waals surface area contributed by atoms with Crippen molar-refractivity contribution in [2.75, 3.05) is 18.4 Å². The van der Waals surface area contributed by atoms with Gasteiger partial charge in [-0.15, -0.1) is 0 Å². The number of amides is 1. The molecule has 1 atom stereocenters. The van der Waals surface area contributed by atoms with Crippen LogP contribution < -0.4 is 21.7 Å². The van der Waals surface area contributed by atoms with Crippen molar-refractivity contribution in [2.24, 2.45) is 15.7 Å². The number of allylic oxidation sites excluding steroid dienone is 1. The van der Waals surface area contributed by atoms with E-state index in [0.29, 0.717) is 63.0 Å². The predicted octanol–water partition coefficient (Wildman–Crippen LogP) is 4.62. The topological polar surface area (TPSA) is 130 Å². The first-order valence-corrected chi connectivity index (χ1v) is 12.6. The predicted molar refractivity (Wildman–Crippen MR) is 149 cm³/mol. The number of carbonyl (C=O) groups is 1. The van der Waals surface area contributed by atoms with Crippen LogP contribution in [0.25, 0.3) is 11.1 Å². The summed E-state index contributed by atoms with van der Waals surface area (Å²) in [6.45, 7) is 6.32. The standard InChI is InChI=1S/C27H29ClFN7O2/c1-4-17-20(29)10-11-21-24(17)38-27(34-21)36-26-33-15(3)22(23(35-26)18-8-6-7-9-19(18)28)25(37)32-14-16(12-30)13-31-5-2/h6-13,23H,4-5,14,30H2,1-3H3,(H,32,37)(H2,33,34,35,36)/b16-12+,31-13?. The highest BCUT2D eigenvalue weighted by Gasteiger charge is 2.31. The van der Waals surface area contributed by atoms with Gasteiger partial charge >= 0.3 is 6.01 Å². The molecule has 0 bridgehead atoms. The number of nitrogens with two attached hydrogens (primary N) is 1. The molecule has 0 fully saturated rings. The highest BCUT2D eigenvalue weighted by molar-refractivity contribution is 6.31. The third-order valence-corrected chi connectivity index (χ3v) is 6.32. The Kier molecular flexibility index (Phi) is 8.42. The lowest BCUT2D eigenvalue weighted by atomic mass is 9.95. The van der Waals surface area contributed by atoms with E-state index in [9.17, 15) is 9.18 Å². The van der Waals surface area contributed by atoms with Crippen molar-refractivity contribution in [3.8, 4) is 0 Å². The van der Waals surface area contributed by atoms with E-state index >= 15 is 0 Å². The average Bonchev–Trinajstić information content (AvgIpc) is 3.31. The Balaban J connectivity index is 1.65. The Bertz CT molecular complexity index is 1480. The van der Waals surface area contributed by atoms with Gasteiger partial charge in [0, 0.05) is 52.9 Å². The van der Waals surface area contributed by atoms with Crippen LogP contribution in [0, 0.1) is 5.82 Å². The van der Waals surface area contributed by atoms with E-state index in [2.05, 4.69) is 25.9 Å². The molecule has 1 aromatic heterocycles. The highest BCUT2D eigenvalue weighted by atomic mass is 35.5. The molecule has 1 aliphatic heterocycles. The number of benzene rings is 2. The molecule has 2 heterocycles. The van der Waals surface area contributed by atoms with Crippen LogP contribution in [0.15, 0.2) is 73.8 Å². The number of halogens is 2. The van der Waals surface area contributed by atoms with Crippen molar-refractivity contribution < 1.29 is 13.6 Å². The molecule has 1 unspecified atom stereocenters. The number of anilines is 1. The summed E-state index contributed by atoms with van der Waals surface area (Å²) in [5.74, 6) is -0.388. The molecular weight excluding hydrogens is 509 g/mol. The molecule has 0 saturated carbocycles. The lowest BCUT2D eigenvalue weighted by Gasteiger charge is -2.27. The summed E-state index contributed by atoms with van der Waals surface area (Å²) in [5.41, 5.74) is 9.28. The fourth-order valence-electron chi connectivity index (χ4n) is 4.10. The lowest BCUT2D eigenvalue weighted by molar-refractivity contribution is -0.117. The van der Waals surface area contributed by atoms with Gasteiger partial charge in [-0.1, -0.05) is 36.7 Å². The molecule has 198 valence electrons. The van der Waals surface area contributed by atoms with Crippen molar-refractivity contribution in [3.05, 3.63) is 81.4 Å². The molecule has 0 saturated heterocycles. The number of carbonyl (C=O) groups excluding carboxylic acids is 1. The number of rotatable bonds is 8. The second kappa shape index (κ2) is 11.9. The summed E-state index contributed by atoms with van der Waals surface area (Å²) in [7, 11) is 0. The molecule has 3 aromatic rings. The zero-order valence-electron chi connectivity index (χ0n) is 21.3. The monoisotopic (exact) mass is 537 g/mol. The highest BCUT2D eigenvalue weighted by Crippen LogP contribution is 2.35. The number of hydrogen-bond donors (Lipinski definition) is 4. The summed E-state index contributed by atoms with van der Waals surface area (Å²) < 4.78 is 20.0. The van der Waals surface area contributed by atoms with Gasteiger partial charge in [-0.3, -0.25) is 15.1 Å². The van der Waals surface area contributed by atoms with Crippen molar-refractivity contribution in [1.82, 2.24) is 15.6 Å². The van der Waals surface area contributed by atoms with Gasteiger partial charge in [-0.25, -0.2) is 9.38 Å². The van der Waals surface area contributed by atoms with Crippen LogP contribution in [0.4, 0.5) is 10.4 Å². The van der Waals surface area contributed by atoms with Gasteiger partial charge in [0.2, 0.25) is 5.96 Å². The second-order valence-electron chi connectivity index (χ2n) is 8.49. The molecule has 11 heteroatoms. The second-order valence-corrected chi connectivity index (χ2v) is 8.90. The van der Waals surface area contributed by atoms with Gasteiger partial charge in [0.1, 0.15) is 17.4 Å². The third-order valence-electron chi connectivity index (χ3n) is 5.97. The summed E-state index contributed by atoms with van der Waals surface area (Å²) in [4.78, 5) is 26.7. The van der Waals surface area contributed by atoms with Gasteiger partial charge in [-0.2, -0.15) is 4.98 Å². The molecule has 38 heavy (non-hydrogen) atoms. The number of guanidine groups is 1. The fraction of sp³-hybridized carbons (Fsp3) is 0.259. The Morgan fingerprint density at radius 3 is 2.79 bits per heavy atom. The summed E-state index contributed by atoms with van der Waals surface area (Å²) in [5, 5.41) is 9.48. The first-order valence-electron chi connectivity index (χ1n) is 12.2. The maximum Gasteiger partial charge on any atom is 0.302 e. The molecule has 5 N–H and O–H groups in total. The van der Waals surface area contributed by atoms with Crippen molar-refractivity contribution in [2.45, 2.75) is 33.2 Å². The third kappa shape index (κ3) is 5.70. The van der Waals surface area contributed by atoms with E-state index in [1.165, 1.54) is 12.3 Å². The average molecular weight is 538 g/mol. The number of nitrogens with one attached hydrogen (secondary N) is 3. The molecular formula is C27H29ClFN7O2. The van der Waals surface area contributed by atoms with Crippen LogP contribution in [0.1, 0.15) is 37.9 Å². The van der Waals surface area contributed by atoms with Gasteiger partial charge in [-0.05, 0) is 38.5 Å². The van der Waals surface area contributed by atoms with Gasteiger partial charge in [0.05, 0.1) is 5.57 Å². The molecule has 0 aliphatic carbocycles. The Labute approximate surface area is 224 Å². The minimum absolute atomic E-state index is 0.137. The maximum atomic E-state index is 14.2. The van der Waals surface area contributed by atoms with Gasteiger partial charge in [0.25, 0.3) is 5.91 Å². The SMILES string of the molecule is CCN=C/C(=C\N)CNC(=O)C1=C(C)NC(Nc2nc3ccc(F)c(CC)c3o2)=NC1c1ccccc1Cl. The minimum Gasteiger partial charge on any atom is -0.423 e. The minimum atomic E-state index is -0.727. The lowest BCUT2D eigenvalue weighted by Crippen LogP contribution is -2.39. The smallest absolute Gasteiger partial charge is 0.302 e.